The molecule has 1 unspecified atom stereocenters. The van der Waals surface area contributed by atoms with E-state index in [-0.39, 0.29) is 19.2 Å². The van der Waals surface area contributed by atoms with Crippen LogP contribution in [0.1, 0.15) is 219 Å². The van der Waals surface area contributed by atoms with Crippen LogP contribution in [-0.4, -0.2) is 37.0 Å². The first-order valence-electron chi connectivity index (χ1n) is 22.9. The fourth-order valence-electron chi connectivity index (χ4n) is 6.43. The summed E-state index contributed by atoms with van der Waals surface area (Å²) in [7, 11) is 0. The second kappa shape index (κ2) is 46.2. The first kappa shape index (κ1) is 51.1. The van der Waals surface area contributed by atoms with Gasteiger partial charge >= 0.3 is 5.97 Å². The van der Waals surface area contributed by atoms with Crippen molar-refractivity contribution in [2.24, 2.45) is 0 Å². The van der Waals surface area contributed by atoms with Gasteiger partial charge in [-0.15, -0.1) is 0 Å². The molecule has 308 valence electrons. The molecule has 0 fully saturated rings. The van der Waals surface area contributed by atoms with Crippen LogP contribution in [0, 0.1) is 0 Å². The van der Waals surface area contributed by atoms with Gasteiger partial charge in [0.25, 0.3) is 0 Å². The summed E-state index contributed by atoms with van der Waals surface area (Å²) >= 11 is 0. The summed E-state index contributed by atoms with van der Waals surface area (Å²) in [5.74, 6) is -0.212. The summed E-state index contributed by atoms with van der Waals surface area (Å²) < 4.78 is 11.1. The van der Waals surface area contributed by atoms with E-state index < -0.39 is 6.10 Å². The smallest absolute Gasteiger partial charge is 0.306 e. The molecule has 0 aromatic heterocycles. The molecule has 0 aliphatic carbocycles. The molecular weight excluding hydrogens is 653 g/mol. The Labute approximate surface area is 330 Å². The monoisotopic (exact) mass is 741 g/mol. The molecule has 0 heterocycles. The van der Waals surface area contributed by atoms with Crippen LogP contribution in [0.5, 0.6) is 0 Å². The third-order valence-corrected chi connectivity index (χ3v) is 9.83. The zero-order chi connectivity index (χ0) is 38.4. The van der Waals surface area contributed by atoms with Crippen molar-refractivity contribution >= 4 is 5.97 Å². The molecule has 1 N–H and O–H groups in total. The van der Waals surface area contributed by atoms with Gasteiger partial charge in [-0.3, -0.25) is 4.79 Å². The number of ether oxygens (including phenoxy) is 2. The van der Waals surface area contributed by atoms with E-state index >= 15 is 0 Å². The van der Waals surface area contributed by atoms with Crippen LogP contribution in [0.2, 0.25) is 0 Å². The second-order valence-corrected chi connectivity index (χ2v) is 15.1. The van der Waals surface area contributed by atoms with Gasteiger partial charge in [-0.2, -0.15) is 0 Å². The highest BCUT2D eigenvalue weighted by Crippen LogP contribution is 2.15. The lowest BCUT2D eigenvalue weighted by atomic mass is 10.0. The SMILES string of the molecule is CC/C=C\C/C=C\C/C=C\C/C=C\CCCCCOCC(CO)OC(=O)CCCCCCCCCCCCCCC/C=C\CCCCCCCCCC. The molecule has 4 nitrogen and oxygen atoms in total. The molecule has 0 aromatic carbocycles. The molecule has 0 radical (unpaired) electrons. The Morgan fingerprint density at radius 1 is 0.472 bits per heavy atom. The van der Waals surface area contributed by atoms with Crippen LogP contribution >= 0.6 is 0 Å². The average Bonchev–Trinajstić information content (AvgIpc) is 3.16. The van der Waals surface area contributed by atoms with Crippen molar-refractivity contribution in [2.75, 3.05) is 19.8 Å². The lowest BCUT2D eigenvalue weighted by molar-refractivity contribution is -0.154. The number of hydrogen-bond donors (Lipinski definition) is 1. The topological polar surface area (TPSA) is 55.8 Å². The summed E-state index contributed by atoms with van der Waals surface area (Å²) in [4.78, 5) is 12.2. The minimum atomic E-state index is -0.553. The van der Waals surface area contributed by atoms with Crippen molar-refractivity contribution in [3.8, 4) is 0 Å². The fourth-order valence-corrected chi connectivity index (χ4v) is 6.43. The van der Waals surface area contributed by atoms with Crippen LogP contribution < -0.4 is 0 Å². The van der Waals surface area contributed by atoms with Gasteiger partial charge in [-0.1, -0.05) is 197 Å². The first-order valence-corrected chi connectivity index (χ1v) is 22.9. The van der Waals surface area contributed by atoms with Crippen molar-refractivity contribution < 1.29 is 19.4 Å². The van der Waals surface area contributed by atoms with Crippen LogP contribution in [0.15, 0.2) is 60.8 Å². The van der Waals surface area contributed by atoms with E-state index in [1.165, 1.54) is 135 Å². The Morgan fingerprint density at radius 2 is 0.849 bits per heavy atom. The van der Waals surface area contributed by atoms with Crippen LogP contribution in [0.3, 0.4) is 0 Å². The number of allylic oxidation sites excluding steroid dienone is 10. The molecule has 0 saturated carbocycles. The summed E-state index contributed by atoms with van der Waals surface area (Å²) in [6.45, 7) is 5.17. The largest absolute Gasteiger partial charge is 0.457 e. The molecular formula is C49H88O4. The molecule has 0 bridgehead atoms. The zero-order valence-corrected chi connectivity index (χ0v) is 35.3. The zero-order valence-electron chi connectivity index (χ0n) is 35.3. The number of aliphatic hydroxyl groups is 1. The third kappa shape index (κ3) is 44.4. The number of aliphatic hydroxyl groups excluding tert-OH is 1. The van der Waals surface area contributed by atoms with Crippen LogP contribution in [-0.2, 0) is 14.3 Å². The van der Waals surface area contributed by atoms with Crippen molar-refractivity contribution in [1.29, 1.82) is 0 Å². The molecule has 1 atom stereocenters. The van der Waals surface area contributed by atoms with Gasteiger partial charge in [0.05, 0.1) is 13.2 Å². The number of carbonyl (C=O) groups excluding carboxylic acids is 1. The highest BCUT2D eigenvalue weighted by atomic mass is 16.6. The molecule has 0 spiro atoms. The summed E-state index contributed by atoms with van der Waals surface area (Å²) in [5.41, 5.74) is 0. The average molecular weight is 741 g/mol. The number of carbonyl (C=O) groups is 1. The summed E-state index contributed by atoms with van der Waals surface area (Å²) in [6.07, 6.45) is 61.6. The standard InChI is InChI=1S/C49H88O4/c1-3-5-7-9-11-13-15-17-19-21-22-23-24-25-26-27-28-29-30-32-34-36-38-40-42-44-49(51)53-48(46-50)47-52-45-43-41-39-37-35-33-31-20-18-16-14-12-10-8-6-4-2/h6,8,12,14,18,20-22,33,35,48,50H,3-5,7,9-11,13,15-17,19,23-32,34,36-47H2,1-2H3/b8-6-,14-12-,20-18-,22-21-,35-33-. The van der Waals surface area contributed by atoms with Gasteiger partial charge in [0.15, 0.2) is 0 Å². The van der Waals surface area contributed by atoms with Gasteiger partial charge in [0.1, 0.15) is 6.10 Å². The lowest BCUT2D eigenvalue weighted by Gasteiger charge is -2.15. The molecule has 0 rings (SSSR count). The number of rotatable bonds is 42. The Bertz CT molecular complexity index is 870. The Balaban J connectivity index is 3.44. The van der Waals surface area contributed by atoms with E-state index in [0.29, 0.717) is 13.0 Å². The van der Waals surface area contributed by atoms with Crippen molar-refractivity contribution in [3.05, 3.63) is 60.8 Å². The van der Waals surface area contributed by atoms with Crippen LogP contribution in [0.4, 0.5) is 0 Å². The highest BCUT2D eigenvalue weighted by molar-refractivity contribution is 5.69. The highest BCUT2D eigenvalue weighted by Gasteiger charge is 2.13. The number of unbranched alkanes of at least 4 members (excludes halogenated alkanes) is 24. The lowest BCUT2D eigenvalue weighted by Crippen LogP contribution is -2.27. The summed E-state index contributed by atoms with van der Waals surface area (Å²) in [6, 6.07) is 0. The molecule has 0 aliphatic rings. The minimum absolute atomic E-state index is 0.186. The molecule has 53 heavy (non-hydrogen) atoms. The van der Waals surface area contributed by atoms with Gasteiger partial charge < -0.3 is 14.6 Å². The molecule has 0 aliphatic heterocycles. The predicted molar refractivity (Wildman–Crippen MR) is 233 cm³/mol. The minimum Gasteiger partial charge on any atom is -0.457 e. The predicted octanol–water partition coefficient (Wildman–Crippen LogP) is 15.2. The van der Waals surface area contributed by atoms with Gasteiger partial charge in [-0.05, 0) is 77.0 Å². The molecule has 0 saturated heterocycles. The number of esters is 1. The Kier molecular flexibility index (Phi) is 44.6. The maximum atomic E-state index is 12.2. The van der Waals surface area contributed by atoms with E-state index in [2.05, 4.69) is 74.6 Å². The van der Waals surface area contributed by atoms with Crippen LogP contribution in [0.25, 0.3) is 0 Å². The van der Waals surface area contributed by atoms with E-state index in [1.54, 1.807) is 0 Å². The quantitative estimate of drug-likeness (QED) is 0.0385. The van der Waals surface area contributed by atoms with Crippen molar-refractivity contribution in [2.45, 2.75) is 225 Å². The van der Waals surface area contributed by atoms with Gasteiger partial charge in [0.2, 0.25) is 0 Å². The maximum Gasteiger partial charge on any atom is 0.306 e. The normalized spacial score (nSPS) is 12.9. The maximum absolute atomic E-state index is 12.2. The van der Waals surface area contributed by atoms with Gasteiger partial charge in [0, 0.05) is 13.0 Å². The number of hydrogen-bond acceptors (Lipinski definition) is 4. The molecule has 4 heteroatoms. The van der Waals surface area contributed by atoms with E-state index in [0.717, 1.165) is 64.2 Å². The van der Waals surface area contributed by atoms with E-state index in [4.69, 9.17) is 9.47 Å². The Hall–Kier alpha value is -1.91. The molecule has 0 amide bonds. The Morgan fingerprint density at radius 3 is 1.30 bits per heavy atom. The summed E-state index contributed by atoms with van der Waals surface area (Å²) in [5, 5.41) is 9.61. The second-order valence-electron chi connectivity index (χ2n) is 15.1. The van der Waals surface area contributed by atoms with Gasteiger partial charge in [-0.25, -0.2) is 0 Å². The molecule has 0 aromatic rings. The van der Waals surface area contributed by atoms with E-state index in [1.807, 2.05) is 0 Å². The van der Waals surface area contributed by atoms with Crippen molar-refractivity contribution in [1.82, 2.24) is 0 Å². The van der Waals surface area contributed by atoms with Crippen molar-refractivity contribution in [3.63, 3.8) is 0 Å². The third-order valence-electron chi connectivity index (χ3n) is 9.83. The first-order chi connectivity index (χ1) is 26.2. The van der Waals surface area contributed by atoms with E-state index in [9.17, 15) is 9.90 Å². The fraction of sp³-hybridized carbons (Fsp3) is 0.776.